The van der Waals surface area contributed by atoms with Crippen molar-refractivity contribution < 1.29 is 4.74 Å². The molecule has 4 nitrogen and oxygen atoms in total. The maximum absolute atomic E-state index is 6.11. The van der Waals surface area contributed by atoms with E-state index in [1.165, 1.54) is 0 Å². The number of anilines is 1. The third-order valence-electron chi connectivity index (χ3n) is 2.72. The van der Waals surface area contributed by atoms with Crippen LogP contribution in [0.3, 0.4) is 0 Å². The lowest BCUT2D eigenvalue weighted by Crippen LogP contribution is -2.00. The zero-order chi connectivity index (χ0) is 13.8. The van der Waals surface area contributed by atoms with Crippen molar-refractivity contribution >= 4 is 17.4 Å². The zero-order valence-corrected chi connectivity index (χ0v) is 11.7. The van der Waals surface area contributed by atoms with Crippen molar-refractivity contribution in [2.24, 2.45) is 0 Å². The van der Waals surface area contributed by atoms with Crippen molar-refractivity contribution in [1.82, 2.24) is 9.97 Å². The topological polar surface area (TPSA) is 61.0 Å². The molecule has 0 fully saturated rings. The van der Waals surface area contributed by atoms with Gasteiger partial charge in [0.25, 0.3) is 0 Å². The molecular weight excluding hydrogens is 262 g/mol. The van der Waals surface area contributed by atoms with Crippen molar-refractivity contribution in [2.75, 3.05) is 12.8 Å². The summed E-state index contributed by atoms with van der Waals surface area (Å²) in [6.45, 7) is 2.10. The average molecular weight is 278 g/mol. The summed E-state index contributed by atoms with van der Waals surface area (Å²) in [7, 11) is 1.58. The van der Waals surface area contributed by atoms with Gasteiger partial charge in [0.05, 0.1) is 12.1 Å². The highest BCUT2D eigenvalue weighted by molar-refractivity contribution is 6.32. The molecule has 0 aliphatic carbocycles. The van der Waals surface area contributed by atoms with Gasteiger partial charge in [-0.3, -0.25) is 0 Å². The molecular formula is C14H16ClN3O. The van der Waals surface area contributed by atoms with Gasteiger partial charge in [0.1, 0.15) is 11.6 Å². The number of aromatic nitrogens is 2. The second-order valence-corrected chi connectivity index (χ2v) is 4.61. The quantitative estimate of drug-likeness (QED) is 0.931. The molecule has 2 aromatic rings. The maximum atomic E-state index is 6.11. The van der Waals surface area contributed by atoms with Crippen LogP contribution >= 0.6 is 11.6 Å². The minimum absolute atomic E-state index is 0.473. The van der Waals surface area contributed by atoms with Gasteiger partial charge >= 0.3 is 0 Å². The summed E-state index contributed by atoms with van der Waals surface area (Å²) in [6, 6.07) is 7.25. The molecule has 2 N–H and O–H groups in total. The molecule has 0 bridgehead atoms. The summed E-state index contributed by atoms with van der Waals surface area (Å²) >= 11 is 6.11. The molecule has 2 rings (SSSR count). The molecule has 0 radical (unpaired) electrons. The molecule has 19 heavy (non-hydrogen) atoms. The van der Waals surface area contributed by atoms with E-state index in [0.717, 1.165) is 24.1 Å². The highest BCUT2D eigenvalue weighted by Gasteiger charge is 2.08. The Morgan fingerprint density at radius 2 is 2.05 bits per heavy atom. The van der Waals surface area contributed by atoms with Gasteiger partial charge in [0.2, 0.25) is 0 Å². The molecule has 0 atom stereocenters. The van der Waals surface area contributed by atoms with Crippen LogP contribution in [0.15, 0.2) is 24.3 Å². The van der Waals surface area contributed by atoms with E-state index < -0.39 is 0 Å². The van der Waals surface area contributed by atoms with Crippen molar-refractivity contribution in [2.45, 2.75) is 19.8 Å². The van der Waals surface area contributed by atoms with E-state index in [0.29, 0.717) is 22.4 Å². The summed E-state index contributed by atoms with van der Waals surface area (Å²) in [5.74, 6) is 1.69. The Morgan fingerprint density at radius 3 is 2.68 bits per heavy atom. The van der Waals surface area contributed by atoms with E-state index in [1.807, 2.05) is 6.07 Å². The Balaban J connectivity index is 2.43. The van der Waals surface area contributed by atoms with Crippen LogP contribution < -0.4 is 10.5 Å². The first-order valence-electron chi connectivity index (χ1n) is 6.11. The van der Waals surface area contributed by atoms with Gasteiger partial charge in [-0.15, -0.1) is 0 Å². The molecule has 5 heteroatoms. The molecule has 0 saturated carbocycles. The predicted octanol–water partition coefficient (Wildman–Crippen LogP) is 3.34. The van der Waals surface area contributed by atoms with Crippen molar-refractivity contribution in [3.63, 3.8) is 0 Å². The van der Waals surface area contributed by atoms with Crippen LogP contribution in [0, 0.1) is 0 Å². The largest absolute Gasteiger partial charge is 0.495 e. The first-order chi connectivity index (χ1) is 9.13. The fraction of sp³-hybridized carbons (Fsp3) is 0.286. The summed E-state index contributed by atoms with van der Waals surface area (Å²) < 4.78 is 5.12. The number of ether oxygens (including phenoxy) is 1. The van der Waals surface area contributed by atoms with Crippen LogP contribution in [0.2, 0.25) is 5.02 Å². The Morgan fingerprint density at radius 1 is 1.26 bits per heavy atom. The molecule has 1 heterocycles. The lowest BCUT2D eigenvalue weighted by atomic mass is 10.2. The molecule has 0 saturated heterocycles. The maximum Gasteiger partial charge on any atom is 0.161 e. The lowest BCUT2D eigenvalue weighted by Gasteiger charge is -2.07. The van der Waals surface area contributed by atoms with Gasteiger partial charge < -0.3 is 10.5 Å². The molecule has 1 aromatic carbocycles. The van der Waals surface area contributed by atoms with Crippen LogP contribution in [-0.2, 0) is 6.42 Å². The number of nitrogens with two attached hydrogens (primary N) is 1. The fourth-order valence-electron chi connectivity index (χ4n) is 1.84. The van der Waals surface area contributed by atoms with Crippen LogP contribution in [0.25, 0.3) is 11.4 Å². The summed E-state index contributed by atoms with van der Waals surface area (Å²) in [5.41, 5.74) is 7.58. The van der Waals surface area contributed by atoms with E-state index in [1.54, 1.807) is 25.3 Å². The second-order valence-electron chi connectivity index (χ2n) is 4.21. The van der Waals surface area contributed by atoms with Crippen LogP contribution in [-0.4, -0.2) is 17.1 Å². The summed E-state index contributed by atoms with van der Waals surface area (Å²) in [5, 5.41) is 0.531. The number of methoxy groups -OCH3 is 1. The van der Waals surface area contributed by atoms with Crippen molar-refractivity contribution in [3.8, 4) is 17.1 Å². The van der Waals surface area contributed by atoms with Crippen LogP contribution in [0.1, 0.15) is 19.0 Å². The van der Waals surface area contributed by atoms with E-state index in [-0.39, 0.29) is 0 Å². The van der Waals surface area contributed by atoms with Crippen LogP contribution in [0.5, 0.6) is 5.75 Å². The summed E-state index contributed by atoms with van der Waals surface area (Å²) in [6.07, 6.45) is 1.89. The number of hydrogen-bond acceptors (Lipinski definition) is 4. The first kappa shape index (κ1) is 13.6. The molecule has 0 aliphatic heterocycles. The molecule has 0 spiro atoms. The Hall–Kier alpha value is -1.81. The molecule has 1 aromatic heterocycles. The molecule has 0 amide bonds. The number of benzene rings is 1. The third kappa shape index (κ3) is 3.15. The lowest BCUT2D eigenvalue weighted by molar-refractivity contribution is 0.415. The smallest absolute Gasteiger partial charge is 0.161 e. The highest BCUT2D eigenvalue weighted by Crippen LogP contribution is 2.29. The molecule has 0 unspecified atom stereocenters. The molecule has 100 valence electrons. The monoisotopic (exact) mass is 277 g/mol. The van der Waals surface area contributed by atoms with Gasteiger partial charge in [-0.25, -0.2) is 9.97 Å². The minimum atomic E-state index is 0.473. The van der Waals surface area contributed by atoms with Crippen LogP contribution in [0.4, 0.5) is 5.82 Å². The van der Waals surface area contributed by atoms with Gasteiger partial charge in [0.15, 0.2) is 5.82 Å². The summed E-state index contributed by atoms with van der Waals surface area (Å²) in [4.78, 5) is 8.75. The van der Waals surface area contributed by atoms with Gasteiger partial charge in [-0.2, -0.15) is 0 Å². The number of aryl methyl sites for hydroxylation is 1. The van der Waals surface area contributed by atoms with Crippen molar-refractivity contribution in [1.29, 1.82) is 0 Å². The van der Waals surface area contributed by atoms with Gasteiger partial charge in [-0.1, -0.05) is 24.9 Å². The first-order valence-corrected chi connectivity index (χ1v) is 6.49. The van der Waals surface area contributed by atoms with E-state index >= 15 is 0 Å². The standard InChI is InChI=1S/C14H16ClN3O/c1-3-4-10-8-13(16)18-14(17-10)9-5-6-12(19-2)11(15)7-9/h5-8H,3-4H2,1-2H3,(H2,16,17,18). The van der Waals surface area contributed by atoms with E-state index in [9.17, 15) is 0 Å². The third-order valence-corrected chi connectivity index (χ3v) is 3.01. The van der Waals surface area contributed by atoms with Crippen molar-refractivity contribution in [3.05, 3.63) is 35.0 Å². The Kier molecular flexibility index (Phi) is 4.22. The zero-order valence-electron chi connectivity index (χ0n) is 11.0. The normalized spacial score (nSPS) is 10.5. The number of hydrogen-bond donors (Lipinski definition) is 1. The minimum Gasteiger partial charge on any atom is -0.495 e. The average Bonchev–Trinajstić information content (AvgIpc) is 2.38. The Labute approximate surface area is 117 Å². The number of nitrogen functional groups attached to an aromatic ring is 1. The molecule has 0 aliphatic rings. The second kappa shape index (κ2) is 5.89. The number of halogens is 1. The van der Waals surface area contributed by atoms with E-state index in [4.69, 9.17) is 22.1 Å². The van der Waals surface area contributed by atoms with E-state index in [2.05, 4.69) is 16.9 Å². The fourth-order valence-corrected chi connectivity index (χ4v) is 2.10. The number of nitrogens with zero attached hydrogens (tertiary/aromatic N) is 2. The predicted molar refractivity (Wildman–Crippen MR) is 77.4 cm³/mol. The SMILES string of the molecule is CCCc1cc(N)nc(-c2ccc(OC)c(Cl)c2)n1. The number of rotatable bonds is 4. The van der Waals surface area contributed by atoms with Gasteiger partial charge in [0, 0.05) is 17.3 Å². The highest BCUT2D eigenvalue weighted by atomic mass is 35.5. The van der Waals surface area contributed by atoms with Gasteiger partial charge in [-0.05, 0) is 24.6 Å². The Bertz CT molecular complexity index is 587.